The van der Waals surface area contributed by atoms with E-state index in [1.807, 2.05) is 0 Å². The van der Waals surface area contributed by atoms with Crippen molar-refractivity contribution in [1.82, 2.24) is 0 Å². The number of alkyl halides is 1. The molecule has 0 heterocycles. The second-order valence-corrected chi connectivity index (χ2v) is 3.26. The van der Waals surface area contributed by atoms with Gasteiger partial charge in [0.2, 0.25) is 0 Å². The van der Waals surface area contributed by atoms with Crippen LogP contribution in [0.4, 0.5) is 4.39 Å². The van der Waals surface area contributed by atoms with Crippen molar-refractivity contribution in [1.29, 1.82) is 0 Å². The fourth-order valence-corrected chi connectivity index (χ4v) is 0.793. The Labute approximate surface area is 75.4 Å². The Hall–Kier alpha value is -1.13. The number of carboxylic acids is 2. The highest BCUT2D eigenvalue weighted by molar-refractivity contribution is 5.97. The highest BCUT2D eigenvalue weighted by Crippen LogP contribution is 2.25. The smallest absolute Gasteiger partial charge is 0.320 e. The van der Waals surface area contributed by atoms with E-state index in [2.05, 4.69) is 0 Å². The van der Waals surface area contributed by atoms with E-state index in [1.165, 1.54) is 6.92 Å². The average Bonchev–Trinajstić information content (AvgIpc) is 1.99. The molecule has 0 aliphatic heterocycles. The normalized spacial score (nSPS) is 13.8. The summed E-state index contributed by atoms with van der Waals surface area (Å²) in [5.74, 6) is -2.86. The van der Waals surface area contributed by atoms with Crippen molar-refractivity contribution in [3.63, 3.8) is 0 Å². The highest BCUT2D eigenvalue weighted by atomic mass is 19.1. The molecule has 0 rings (SSSR count). The SMILES string of the molecule is CC(F)CCC(C)(C(=O)O)C(=O)O. The molecule has 0 radical (unpaired) electrons. The van der Waals surface area contributed by atoms with Crippen LogP contribution in [-0.2, 0) is 9.59 Å². The van der Waals surface area contributed by atoms with E-state index in [9.17, 15) is 14.0 Å². The van der Waals surface area contributed by atoms with Gasteiger partial charge in [-0.25, -0.2) is 4.39 Å². The Morgan fingerprint density at radius 3 is 2.00 bits per heavy atom. The standard InChI is InChI=1S/C8H13FO4/c1-5(9)3-4-8(2,6(10)11)7(12)13/h5H,3-4H2,1-2H3,(H,10,11)(H,12,13). The second-order valence-electron chi connectivity index (χ2n) is 3.26. The fraction of sp³-hybridized carbons (Fsp3) is 0.750. The number of carbonyl (C=O) groups is 2. The largest absolute Gasteiger partial charge is 0.480 e. The molecule has 0 bridgehead atoms. The van der Waals surface area contributed by atoms with Gasteiger partial charge in [0.25, 0.3) is 0 Å². The zero-order valence-corrected chi connectivity index (χ0v) is 7.58. The molecule has 5 heteroatoms. The van der Waals surface area contributed by atoms with Gasteiger partial charge < -0.3 is 10.2 Å². The summed E-state index contributed by atoms with van der Waals surface area (Å²) in [5, 5.41) is 17.2. The number of halogens is 1. The van der Waals surface area contributed by atoms with E-state index >= 15 is 0 Å². The molecule has 0 saturated carbocycles. The zero-order valence-electron chi connectivity index (χ0n) is 7.58. The van der Waals surface area contributed by atoms with E-state index in [4.69, 9.17) is 10.2 Å². The maximum absolute atomic E-state index is 12.4. The predicted molar refractivity (Wildman–Crippen MR) is 43.2 cm³/mol. The fourth-order valence-electron chi connectivity index (χ4n) is 0.793. The molecule has 0 amide bonds. The summed E-state index contributed by atoms with van der Waals surface area (Å²) in [5.41, 5.74) is -1.87. The number of aliphatic carboxylic acids is 2. The molecule has 76 valence electrons. The van der Waals surface area contributed by atoms with Crippen molar-refractivity contribution in [3.05, 3.63) is 0 Å². The first kappa shape index (κ1) is 11.9. The lowest BCUT2D eigenvalue weighted by atomic mass is 9.85. The molecular weight excluding hydrogens is 179 g/mol. The Kier molecular flexibility index (Phi) is 3.84. The first-order valence-corrected chi connectivity index (χ1v) is 3.91. The summed E-state index contributed by atoms with van der Waals surface area (Å²) < 4.78 is 12.4. The summed E-state index contributed by atoms with van der Waals surface area (Å²) in [6.07, 6.45) is -1.44. The third-order valence-electron chi connectivity index (χ3n) is 1.99. The van der Waals surface area contributed by atoms with Gasteiger partial charge in [-0.15, -0.1) is 0 Å². The molecule has 0 aromatic carbocycles. The van der Waals surface area contributed by atoms with Crippen LogP contribution in [0.1, 0.15) is 26.7 Å². The van der Waals surface area contributed by atoms with Crippen molar-refractivity contribution in [2.45, 2.75) is 32.9 Å². The maximum Gasteiger partial charge on any atom is 0.320 e. The van der Waals surface area contributed by atoms with Gasteiger partial charge in [-0.05, 0) is 26.7 Å². The second kappa shape index (κ2) is 4.20. The summed E-state index contributed by atoms with van der Waals surface area (Å²) in [6, 6.07) is 0. The van der Waals surface area contributed by atoms with Crippen LogP contribution in [0.5, 0.6) is 0 Å². The van der Waals surface area contributed by atoms with Crippen molar-refractivity contribution in [3.8, 4) is 0 Å². The number of hydrogen-bond donors (Lipinski definition) is 2. The minimum absolute atomic E-state index is 0.0604. The van der Waals surface area contributed by atoms with E-state index in [0.717, 1.165) is 6.92 Å². The maximum atomic E-state index is 12.4. The van der Waals surface area contributed by atoms with Gasteiger partial charge in [0.1, 0.15) is 0 Å². The van der Waals surface area contributed by atoms with Crippen molar-refractivity contribution >= 4 is 11.9 Å². The molecule has 1 atom stereocenters. The number of carboxylic acid groups (broad SMARTS) is 2. The first-order valence-electron chi connectivity index (χ1n) is 3.91. The van der Waals surface area contributed by atoms with Gasteiger partial charge >= 0.3 is 11.9 Å². The molecule has 2 N–H and O–H groups in total. The molecule has 0 aromatic rings. The van der Waals surface area contributed by atoms with E-state index < -0.39 is 23.5 Å². The highest BCUT2D eigenvalue weighted by Gasteiger charge is 2.41. The lowest BCUT2D eigenvalue weighted by molar-refractivity contribution is -0.164. The van der Waals surface area contributed by atoms with Crippen LogP contribution in [0, 0.1) is 5.41 Å². The van der Waals surface area contributed by atoms with E-state index in [1.54, 1.807) is 0 Å². The monoisotopic (exact) mass is 192 g/mol. The van der Waals surface area contributed by atoms with Crippen molar-refractivity contribution < 1.29 is 24.2 Å². The summed E-state index contributed by atoms with van der Waals surface area (Å²) in [7, 11) is 0. The van der Waals surface area contributed by atoms with Gasteiger partial charge in [0.15, 0.2) is 5.41 Å². The average molecular weight is 192 g/mol. The Morgan fingerprint density at radius 1 is 1.38 bits per heavy atom. The molecule has 0 spiro atoms. The van der Waals surface area contributed by atoms with Gasteiger partial charge in [0, 0.05) is 0 Å². The molecule has 13 heavy (non-hydrogen) atoms. The number of hydrogen-bond acceptors (Lipinski definition) is 2. The molecular formula is C8H13FO4. The van der Waals surface area contributed by atoms with Crippen LogP contribution in [0.15, 0.2) is 0 Å². The first-order chi connectivity index (χ1) is 5.80. The molecule has 0 aliphatic rings. The summed E-state index contributed by atoms with van der Waals surface area (Å²) in [6.45, 7) is 2.35. The van der Waals surface area contributed by atoms with Gasteiger partial charge in [-0.3, -0.25) is 9.59 Å². The topological polar surface area (TPSA) is 74.6 Å². The van der Waals surface area contributed by atoms with Crippen LogP contribution in [0.3, 0.4) is 0 Å². The van der Waals surface area contributed by atoms with Crippen LogP contribution in [-0.4, -0.2) is 28.3 Å². The molecule has 1 unspecified atom stereocenters. The van der Waals surface area contributed by atoms with Gasteiger partial charge in [-0.2, -0.15) is 0 Å². The predicted octanol–water partition coefficient (Wildman–Crippen LogP) is 1.30. The van der Waals surface area contributed by atoms with Crippen LogP contribution >= 0.6 is 0 Å². The van der Waals surface area contributed by atoms with Gasteiger partial charge in [-0.1, -0.05) is 0 Å². The Bertz CT molecular complexity index is 198. The molecule has 4 nitrogen and oxygen atoms in total. The molecule has 0 saturated heterocycles. The lowest BCUT2D eigenvalue weighted by Crippen LogP contribution is -2.36. The van der Waals surface area contributed by atoms with Crippen molar-refractivity contribution in [2.75, 3.05) is 0 Å². The third-order valence-corrected chi connectivity index (χ3v) is 1.99. The summed E-state index contributed by atoms with van der Waals surface area (Å²) in [4.78, 5) is 21.1. The van der Waals surface area contributed by atoms with Crippen LogP contribution in [0.25, 0.3) is 0 Å². The zero-order chi connectivity index (χ0) is 10.6. The summed E-state index contributed by atoms with van der Waals surface area (Å²) >= 11 is 0. The van der Waals surface area contributed by atoms with E-state index in [0.29, 0.717) is 0 Å². The third kappa shape index (κ3) is 3.01. The Balaban J connectivity index is 4.44. The lowest BCUT2D eigenvalue weighted by Gasteiger charge is -2.19. The van der Waals surface area contributed by atoms with E-state index in [-0.39, 0.29) is 12.8 Å². The molecule has 0 fully saturated rings. The Morgan fingerprint density at radius 2 is 1.77 bits per heavy atom. The number of rotatable bonds is 5. The minimum atomic E-state index is -1.87. The van der Waals surface area contributed by atoms with Gasteiger partial charge in [0.05, 0.1) is 6.17 Å². The van der Waals surface area contributed by atoms with Crippen molar-refractivity contribution in [2.24, 2.45) is 5.41 Å². The molecule has 0 aliphatic carbocycles. The molecule has 0 aromatic heterocycles. The quantitative estimate of drug-likeness (QED) is 0.644. The minimum Gasteiger partial charge on any atom is -0.480 e. The van der Waals surface area contributed by atoms with Crippen LogP contribution in [0.2, 0.25) is 0 Å². The van der Waals surface area contributed by atoms with Crippen LogP contribution < -0.4 is 0 Å².